The van der Waals surface area contributed by atoms with Gasteiger partial charge in [-0.2, -0.15) is 0 Å². The zero-order chi connectivity index (χ0) is 20.8. The number of aliphatic carboxylic acids is 1. The Kier molecular flexibility index (Phi) is 13.3. The molecule has 27 heavy (non-hydrogen) atoms. The fourth-order valence-corrected chi connectivity index (χ4v) is 3.11. The molecule has 0 spiro atoms. The van der Waals surface area contributed by atoms with Crippen molar-refractivity contribution in [1.82, 2.24) is 4.31 Å². The lowest BCUT2D eigenvalue weighted by Gasteiger charge is -2.18. The molecule has 1 heterocycles. The van der Waals surface area contributed by atoms with E-state index >= 15 is 0 Å². The lowest BCUT2D eigenvalue weighted by Crippen LogP contribution is -2.26. The van der Waals surface area contributed by atoms with Gasteiger partial charge in [-0.25, -0.2) is 17.3 Å². The van der Waals surface area contributed by atoms with Gasteiger partial charge in [-0.3, -0.25) is 4.79 Å². The molecular weight excluding hydrogens is 376 g/mol. The largest absolute Gasteiger partial charge is 0.481 e. The standard InChI is InChI=1S/C11H15F2NOS.C6H10O3.C2H2/c1-3-6-14(16(2)15)8-9-7-10(12)4-5-11(9)13;7-6(8)5-1-3-9-4-2-5;1-2/h4-5,7H,3,6,8H2,1-2H3;5H,1-4H2,(H,7,8);1-2H. The molecule has 5 nitrogen and oxygen atoms in total. The summed E-state index contributed by atoms with van der Waals surface area (Å²) in [5.74, 6) is -1.78. The number of halogens is 2. The number of carboxylic acids is 1. The van der Waals surface area contributed by atoms with E-state index in [-0.39, 0.29) is 18.0 Å². The molecule has 0 saturated carbocycles. The lowest BCUT2D eigenvalue weighted by molar-refractivity contribution is -0.144. The highest BCUT2D eigenvalue weighted by atomic mass is 32.2. The average molecular weight is 403 g/mol. The minimum absolute atomic E-state index is 0.154. The first-order chi connectivity index (χ1) is 12.8. The van der Waals surface area contributed by atoms with Crippen LogP contribution in [0.5, 0.6) is 0 Å². The van der Waals surface area contributed by atoms with Crippen LogP contribution in [0.2, 0.25) is 0 Å². The van der Waals surface area contributed by atoms with Gasteiger partial charge in [-0.1, -0.05) is 6.92 Å². The van der Waals surface area contributed by atoms with Crippen LogP contribution in [0.3, 0.4) is 0 Å². The second kappa shape index (κ2) is 14.3. The van der Waals surface area contributed by atoms with Crippen molar-refractivity contribution in [3.8, 4) is 12.8 Å². The Morgan fingerprint density at radius 3 is 2.37 bits per heavy atom. The Morgan fingerprint density at radius 2 is 1.93 bits per heavy atom. The van der Waals surface area contributed by atoms with Crippen molar-refractivity contribution in [2.75, 3.05) is 26.0 Å². The maximum absolute atomic E-state index is 13.3. The number of carboxylic acid groups (broad SMARTS) is 1. The Bertz CT molecular complexity index is 619. The highest BCUT2D eigenvalue weighted by Crippen LogP contribution is 2.14. The van der Waals surface area contributed by atoms with Gasteiger partial charge in [0.1, 0.15) is 11.6 Å². The van der Waals surface area contributed by atoms with Crippen LogP contribution in [0, 0.1) is 30.4 Å². The minimum atomic E-state index is -1.17. The van der Waals surface area contributed by atoms with Gasteiger partial charge in [0.2, 0.25) is 0 Å². The molecule has 1 N–H and O–H groups in total. The van der Waals surface area contributed by atoms with Crippen molar-refractivity contribution in [2.45, 2.75) is 32.7 Å². The molecule has 152 valence electrons. The SMILES string of the molecule is C#C.CCCN(Cc1cc(F)ccc1F)S(C)=O.O=C(O)C1CCOCC1. The van der Waals surface area contributed by atoms with Crippen molar-refractivity contribution >= 4 is 17.0 Å². The molecular formula is C19H27F2NO4S. The topological polar surface area (TPSA) is 66.8 Å². The van der Waals surface area contributed by atoms with Gasteiger partial charge in [0.05, 0.1) is 16.9 Å². The summed E-state index contributed by atoms with van der Waals surface area (Å²) in [6.45, 7) is 3.93. The highest BCUT2D eigenvalue weighted by Gasteiger charge is 2.19. The summed E-state index contributed by atoms with van der Waals surface area (Å²) in [6, 6.07) is 3.31. The van der Waals surface area contributed by atoms with Gasteiger partial charge < -0.3 is 9.84 Å². The fraction of sp³-hybridized carbons (Fsp3) is 0.526. The molecule has 1 aliphatic heterocycles. The third-order valence-electron chi connectivity index (χ3n) is 3.76. The van der Waals surface area contributed by atoms with E-state index in [1.807, 2.05) is 6.92 Å². The summed E-state index contributed by atoms with van der Waals surface area (Å²) in [5.41, 5.74) is 0.239. The molecule has 0 aromatic heterocycles. The summed E-state index contributed by atoms with van der Waals surface area (Å²) >= 11 is 0. The van der Waals surface area contributed by atoms with E-state index in [4.69, 9.17) is 9.84 Å². The van der Waals surface area contributed by atoms with E-state index in [9.17, 15) is 17.8 Å². The number of hydrogen-bond donors (Lipinski definition) is 1. The number of carbonyl (C=O) groups is 1. The van der Waals surface area contributed by atoms with Crippen LogP contribution in [-0.4, -0.2) is 45.6 Å². The first kappa shape index (κ1) is 25.2. The zero-order valence-electron chi connectivity index (χ0n) is 15.7. The first-order valence-corrected chi connectivity index (χ1v) is 10.0. The van der Waals surface area contributed by atoms with Gasteiger partial charge >= 0.3 is 5.97 Å². The Morgan fingerprint density at radius 1 is 1.33 bits per heavy atom. The van der Waals surface area contributed by atoms with Gasteiger partial charge in [-0.15, -0.1) is 12.8 Å². The Labute approximate surface area is 162 Å². The number of rotatable bonds is 6. The normalized spacial score (nSPS) is 15.1. The molecule has 1 aromatic rings. The number of terminal acetylenes is 1. The Hall–Kier alpha value is -1.82. The molecule has 1 fully saturated rings. The molecule has 2 rings (SSSR count). The van der Waals surface area contributed by atoms with Crippen LogP contribution in [0.1, 0.15) is 31.7 Å². The van der Waals surface area contributed by atoms with Crippen molar-refractivity contribution in [2.24, 2.45) is 5.92 Å². The van der Waals surface area contributed by atoms with Gasteiger partial charge in [0.25, 0.3) is 0 Å². The average Bonchev–Trinajstić information content (AvgIpc) is 2.67. The third kappa shape index (κ3) is 10.2. The van der Waals surface area contributed by atoms with E-state index in [1.54, 1.807) is 4.31 Å². The van der Waals surface area contributed by atoms with Gasteiger partial charge in [-0.05, 0) is 37.5 Å². The number of hydrogen-bond acceptors (Lipinski definition) is 3. The van der Waals surface area contributed by atoms with Crippen LogP contribution in [0.15, 0.2) is 18.2 Å². The summed E-state index contributed by atoms with van der Waals surface area (Å²) < 4.78 is 44.2. The smallest absolute Gasteiger partial charge is 0.306 e. The zero-order valence-corrected chi connectivity index (χ0v) is 16.5. The van der Waals surface area contributed by atoms with Gasteiger partial charge in [0, 0.05) is 38.1 Å². The molecule has 8 heteroatoms. The van der Waals surface area contributed by atoms with E-state index in [2.05, 4.69) is 12.8 Å². The molecule has 1 atom stereocenters. The monoisotopic (exact) mass is 403 g/mol. The predicted octanol–water partition coefficient (Wildman–Crippen LogP) is 3.22. The predicted molar refractivity (Wildman–Crippen MR) is 102 cm³/mol. The van der Waals surface area contributed by atoms with E-state index in [0.29, 0.717) is 32.6 Å². The molecule has 0 amide bonds. The summed E-state index contributed by atoms with van der Waals surface area (Å²) in [7, 11) is -1.17. The third-order valence-corrected chi connectivity index (χ3v) is 4.80. The molecule has 0 radical (unpaired) electrons. The van der Waals surface area contributed by atoms with E-state index in [1.165, 1.54) is 6.26 Å². The quantitative estimate of drug-likeness (QED) is 0.741. The Balaban J connectivity index is 0.000000519. The van der Waals surface area contributed by atoms with Crippen molar-refractivity contribution in [3.63, 3.8) is 0 Å². The van der Waals surface area contributed by atoms with Crippen LogP contribution in [0.4, 0.5) is 8.78 Å². The van der Waals surface area contributed by atoms with Crippen molar-refractivity contribution in [3.05, 3.63) is 35.4 Å². The molecule has 1 aliphatic rings. The molecule has 1 unspecified atom stereocenters. The molecule has 0 bridgehead atoms. The van der Waals surface area contributed by atoms with Crippen LogP contribution < -0.4 is 0 Å². The lowest BCUT2D eigenvalue weighted by atomic mass is 10.0. The second-order valence-electron chi connectivity index (χ2n) is 5.75. The number of nitrogens with zero attached hydrogens (tertiary/aromatic N) is 1. The van der Waals surface area contributed by atoms with Crippen molar-refractivity contribution in [1.29, 1.82) is 0 Å². The minimum Gasteiger partial charge on any atom is -0.481 e. The summed E-state index contributed by atoms with van der Waals surface area (Å²) in [4.78, 5) is 10.3. The second-order valence-corrected chi connectivity index (χ2v) is 7.11. The van der Waals surface area contributed by atoms with Crippen LogP contribution in [0.25, 0.3) is 0 Å². The molecule has 1 saturated heterocycles. The van der Waals surface area contributed by atoms with Crippen LogP contribution >= 0.6 is 0 Å². The summed E-state index contributed by atoms with van der Waals surface area (Å²) in [6.07, 6.45) is 11.7. The number of ether oxygens (including phenoxy) is 1. The van der Waals surface area contributed by atoms with Crippen molar-refractivity contribution < 1.29 is 27.6 Å². The fourth-order valence-electron chi connectivity index (χ4n) is 2.35. The van der Waals surface area contributed by atoms with Crippen LogP contribution in [-0.2, 0) is 27.1 Å². The van der Waals surface area contributed by atoms with E-state index in [0.717, 1.165) is 24.6 Å². The first-order valence-electron chi connectivity index (χ1n) is 8.51. The number of benzene rings is 1. The highest BCUT2D eigenvalue weighted by molar-refractivity contribution is 7.81. The maximum atomic E-state index is 13.3. The molecule has 0 aliphatic carbocycles. The summed E-state index contributed by atoms with van der Waals surface area (Å²) in [5, 5.41) is 8.48. The maximum Gasteiger partial charge on any atom is 0.306 e. The molecule has 1 aromatic carbocycles. The van der Waals surface area contributed by atoms with E-state index < -0.39 is 28.6 Å². The van der Waals surface area contributed by atoms with Gasteiger partial charge in [0.15, 0.2) is 0 Å².